The molecule has 190 valence electrons. The molecule has 4 aliphatic rings. The van der Waals surface area contributed by atoms with Crippen molar-refractivity contribution in [3.8, 4) is 6.07 Å². The fourth-order valence-corrected chi connectivity index (χ4v) is 6.96. The lowest BCUT2D eigenvalue weighted by atomic mass is 10.1. The lowest BCUT2D eigenvalue weighted by molar-refractivity contribution is -0.0329. The first-order chi connectivity index (χ1) is 18.2. The predicted octanol–water partition coefficient (Wildman–Crippen LogP) is 3.05. The number of nitriles is 1. The number of benzene rings is 2. The Morgan fingerprint density at radius 2 is 1.78 bits per heavy atom. The van der Waals surface area contributed by atoms with Crippen molar-refractivity contribution in [2.45, 2.75) is 57.1 Å². The highest BCUT2D eigenvalue weighted by Gasteiger charge is 2.37. The normalized spacial score (nSPS) is 27.5. The molecule has 5 heterocycles. The van der Waals surface area contributed by atoms with Gasteiger partial charge in [-0.05, 0) is 55.2 Å². The third-order valence-corrected chi connectivity index (χ3v) is 8.51. The fourth-order valence-electron chi connectivity index (χ4n) is 6.96. The van der Waals surface area contributed by atoms with Gasteiger partial charge in [-0.3, -0.25) is 14.9 Å². The van der Waals surface area contributed by atoms with Crippen molar-refractivity contribution in [2.75, 3.05) is 42.5 Å². The fraction of sp³-hybridized carbons (Fsp3) is 0.483. The summed E-state index contributed by atoms with van der Waals surface area (Å²) in [6.07, 6.45) is 6.17. The van der Waals surface area contributed by atoms with E-state index in [9.17, 15) is 5.26 Å². The number of fused-ring (bicyclic) bond motifs is 4. The van der Waals surface area contributed by atoms with E-state index in [1.54, 1.807) is 12.4 Å². The molecule has 0 spiro atoms. The van der Waals surface area contributed by atoms with E-state index in [2.05, 4.69) is 61.2 Å². The Morgan fingerprint density at radius 3 is 2.59 bits per heavy atom. The number of nitrogens with one attached hydrogen (secondary N) is 1. The van der Waals surface area contributed by atoms with E-state index in [4.69, 9.17) is 4.74 Å². The van der Waals surface area contributed by atoms with E-state index in [0.717, 1.165) is 57.0 Å². The van der Waals surface area contributed by atoms with Crippen molar-refractivity contribution in [3.05, 3.63) is 59.4 Å². The average Bonchev–Trinajstić information content (AvgIpc) is 3.42. The Labute approximate surface area is 217 Å². The summed E-state index contributed by atoms with van der Waals surface area (Å²) in [6.45, 7) is 8.79. The maximum Gasteiger partial charge on any atom is 0.113 e. The highest BCUT2D eigenvalue weighted by molar-refractivity contribution is 5.92. The van der Waals surface area contributed by atoms with Crippen molar-refractivity contribution >= 4 is 22.4 Å². The van der Waals surface area contributed by atoms with E-state index >= 15 is 0 Å². The first-order valence-electron chi connectivity index (χ1n) is 13.5. The zero-order valence-electron chi connectivity index (χ0n) is 21.3. The molecule has 0 radical (unpaired) electrons. The third-order valence-electron chi connectivity index (χ3n) is 8.51. The molecule has 3 aromatic rings. The summed E-state index contributed by atoms with van der Waals surface area (Å²) < 4.78 is 6.42. The molecule has 2 unspecified atom stereocenters. The second kappa shape index (κ2) is 9.25. The van der Waals surface area contributed by atoms with Gasteiger partial charge in [0.2, 0.25) is 0 Å². The molecule has 0 saturated carbocycles. The molecule has 4 atom stereocenters. The summed E-state index contributed by atoms with van der Waals surface area (Å²) in [5.41, 5.74) is 7.36. The summed E-state index contributed by atoms with van der Waals surface area (Å²) in [6, 6.07) is 14.5. The van der Waals surface area contributed by atoms with Gasteiger partial charge in [0.1, 0.15) is 17.1 Å². The topological polar surface area (TPSA) is 80.6 Å². The molecule has 3 fully saturated rings. The van der Waals surface area contributed by atoms with Gasteiger partial charge in [-0.1, -0.05) is 6.07 Å². The van der Waals surface area contributed by atoms with Gasteiger partial charge in [0.25, 0.3) is 0 Å². The van der Waals surface area contributed by atoms with Gasteiger partial charge < -0.3 is 19.9 Å². The molecular weight excluding hydrogens is 462 g/mol. The summed E-state index contributed by atoms with van der Waals surface area (Å²) in [7, 11) is 0. The number of anilines is 2. The van der Waals surface area contributed by atoms with Crippen molar-refractivity contribution in [3.63, 3.8) is 0 Å². The molecule has 3 saturated heterocycles. The summed E-state index contributed by atoms with van der Waals surface area (Å²) in [5.74, 6) is 0. The molecule has 1 aromatic heterocycles. The SMILES string of the molecule is C[C@@H]1CN(c2ccc(C#N)c3nccnc23)C[C@H](CN2Cc3ccc(N4C5CCC4CNC5)cc3C2)O1. The number of rotatable bonds is 4. The largest absolute Gasteiger partial charge is 0.370 e. The van der Waals surface area contributed by atoms with E-state index in [1.807, 2.05) is 12.1 Å². The van der Waals surface area contributed by atoms with Gasteiger partial charge in [-0.25, -0.2) is 0 Å². The van der Waals surface area contributed by atoms with E-state index in [-0.39, 0.29) is 12.2 Å². The van der Waals surface area contributed by atoms with Crippen LogP contribution in [0.15, 0.2) is 42.7 Å². The highest BCUT2D eigenvalue weighted by atomic mass is 16.5. The number of hydrogen-bond acceptors (Lipinski definition) is 8. The molecule has 0 aliphatic carbocycles. The first-order valence-corrected chi connectivity index (χ1v) is 13.5. The molecule has 0 amide bonds. The lowest BCUT2D eigenvalue weighted by Gasteiger charge is -2.39. The Bertz CT molecular complexity index is 1350. The highest BCUT2D eigenvalue weighted by Crippen LogP contribution is 2.36. The van der Waals surface area contributed by atoms with Gasteiger partial charge >= 0.3 is 0 Å². The minimum absolute atomic E-state index is 0.101. The van der Waals surface area contributed by atoms with Gasteiger partial charge in [0.05, 0.1) is 23.5 Å². The number of nitrogens with zero attached hydrogens (tertiary/aromatic N) is 6. The lowest BCUT2D eigenvalue weighted by Crippen LogP contribution is -2.52. The molecule has 2 bridgehead atoms. The zero-order chi connectivity index (χ0) is 24.9. The van der Waals surface area contributed by atoms with E-state index in [1.165, 1.54) is 29.7 Å². The molecule has 1 N–H and O–H groups in total. The van der Waals surface area contributed by atoms with Crippen LogP contribution in [0.1, 0.15) is 36.5 Å². The molecule has 7 rings (SSSR count). The van der Waals surface area contributed by atoms with Crippen LogP contribution >= 0.6 is 0 Å². The van der Waals surface area contributed by atoms with Gasteiger partial charge in [-0.2, -0.15) is 5.26 Å². The minimum Gasteiger partial charge on any atom is -0.370 e. The van der Waals surface area contributed by atoms with Gasteiger partial charge in [0, 0.05) is 76.0 Å². The number of aromatic nitrogens is 2. The summed E-state index contributed by atoms with van der Waals surface area (Å²) in [5, 5.41) is 13.1. The van der Waals surface area contributed by atoms with Crippen LogP contribution in [0.2, 0.25) is 0 Å². The maximum absolute atomic E-state index is 9.51. The molecule has 4 aliphatic heterocycles. The van der Waals surface area contributed by atoms with E-state index in [0.29, 0.717) is 23.2 Å². The Morgan fingerprint density at radius 1 is 1.00 bits per heavy atom. The van der Waals surface area contributed by atoms with Crippen LogP contribution in [-0.4, -0.2) is 71.9 Å². The van der Waals surface area contributed by atoms with Crippen LogP contribution in [0.25, 0.3) is 11.0 Å². The van der Waals surface area contributed by atoms with Crippen LogP contribution < -0.4 is 15.1 Å². The summed E-state index contributed by atoms with van der Waals surface area (Å²) >= 11 is 0. The zero-order valence-corrected chi connectivity index (χ0v) is 21.3. The van der Waals surface area contributed by atoms with Crippen molar-refractivity contribution < 1.29 is 4.74 Å². The minimum atomic E-state index is 0.101. The molecule has 8 nitrogen and oxygen atoms in total. The number of hydrogen-bond donors (Lipinski definition) is 1. The van der Waals surface area contributed by atoms with Crippen LogP contribution in [0.4, 0.5) is 11.4 Å². The number of ether oxygens (including phenoxy) is 1. The number of morpholine rings is 1. The molecular formula is C29H33N7O. The molecule has 37 heavy (non-hydrogen) atoms. The van der Waals surface area contributed by atoms with E-state index < -0.39 is 0 Å². The average molecular weight is 496 g/mol. The number of piperazine rings is 1. The standard InChI is InChI=1S/C29H33N7O/c1-19-14-35(27-7-3-20(11-30)28-29(27)33-9-8-32-28)18-26(37-19)17-34-15-21-2-4-23(10-22(21)16-34)36-24-5-6-25(36)13-31-12-24/h2-4,7-10,19,24-26,31H,5-6,12-18H2,1H3/t19-,24?,25?,26+/m1/s1. The predicted molar refractivity (Wildman–Crippen MR) is 144 cm³/mol. The summed E-state index contributed by atoms with van der Waals surface area (Å²) in [4.78, 5) is 16.6. The first kappa shape index (κ1) is 22.9. The molecule has 8 heteroatoms. The van der Waals surface area contributed by atoms with Crippen LogP contribution in [0, 0.1) is 11.3 Å². The Kier molecular flexibility index (Phi) is 5.73. The Hall–Kier alpha value is -3.25. The monoisotopic (exact) mass is 495 g/mol. The van der Waals surface area contributed by atoms with Crippen LogP contribution in [-0.2, 0) is 17.8 Å². The Balaban J connectivity index is 1.07. The second-order valence-electron chi connectivity index (χ2n) is 11.0. The van der Waals surface area contributed by atoms with Crippen molar-refractivity contribution in [1.29, 1.82) is 5.26 Å². The smallest absolute Gasteiger partial charge is 0.113 e. The van der Waals surface area contributed by atoms with Crippen LogP contribution in [0.5, 0.6) is 0 Å². The van der Waals surface area contributed by atoms with Gasteiger partial charge in [0.15, 0.2) is 0 Å². The third kappa shape index (κ3) is 4.11. The molecule has 2 aromatic carbocycles. The van der Waals surface area contributed by atoms with Gasteiger partial charge in [-0.15, -0.1) is 0 Å². The second-order valence-corrected chi connectivity index (χ2v) is 11.0. The van der Waals surface area contributed by atoms with Crippen LogP contribution in [0.3, 0.4) is 0 Å². The van der Waals surface area contributed by atoms with Crippen molar-refractivity contribution in [2.24, 2.45) is 0 Å². The van der Waals surface area contributed by atoms with Crippen molar-refractivity contribution in [1.82, 2.24) is 20.2 Å². The quantitative estimate of drug-likeness (QED) is 0.592. The maximum atomic E-state index is 9.51.